The quantitative estimate of drug-likeness (QED) is 0.287. The highest BCUT2D eigenvalue weighted by Gasteiger charge is 2.16. The van der Waals surface area contributed by atoms with Gasteiger partial charge >= 0.3 is 0 Å². The molecule has 1 unspecified atom stereocenters. The van der Waals surface area contributed by atoms with Gasteiger partial charge in [-0.15, -0.1) is 0 Å². The van der Waals surface area contributed by atoms with Crippen molar-refractivity contribution in [1.82, 2.24) is 0 Å². The summed E-state index contributed by atoms with van der Waals surface area (Å²) < 4.78 is 0. The van der Waals surface area contributed by atoms with E-state index in [4.69, 9.17) is 11.6 Å². The molecule has 0 aliphatic heterocycles. The minimum atomic E-state index is -0.687. The Balaban J connectivity index is 2.20. The lowest BCUT2D eigenvalue weighted by atomic mass is 9.97. The van der Waals surface area contributed by atoms with Gasteiger partial charge in [-0.3, -0.25) is 14.9 Å². The van der Waals surface area contributed by atoms with E-state index < -0.39 is 10.8 Å². The number of nitriles is 1. The third-order valence-corrected chi connectivity index (χ3v) is 4.56. The third kappa shape index (κ3) is 5.09. The second kappa shape index (κ2) is 9.53. The number of hydrogen-bond acceptors (Lipinski definition) is 5. The van der Waals surface area contributed by atoms with E-state index in [1.165, 1.54) is 18.3 Å². The van der Waals surface area contributed by atoms with Crippen LogP contribution >= 0.6 is 11.6 Å². The summed E-state index contributed by atoms with van der Waals surface area (Å²) >= 11 is 5.76. The predicted octanol–water partition coefficient (Wildman–Crippen LogP) is 5.22. The molecule has 0 bridgehead atoms. The second-order valence-corrected chi connectivity index (χ2v) is 6.50. The zero-order valence-corrected chi connectivity index (χ0v) is 16.2. The van der Waals surface area contributed by atoms with Crippen LogP contribution in [0.25, 0.3) is 0 Å². The lowest BCUT2D eigenvalue weighted by Crippen LogP contribution is -2.15. The molecule has 0 heterocycles. The number of rotatable bonds is 7. The molecule has 1 atom stereocenters. The summed E-state index contributed by atoms with van der Waals surface area (Å²) in [5, 5.41) is 25.7. The van der Waals surface area contributed by atoms with E-state index in [9.17, 15) is 20.2 Å². The number of nitrogens with one attached hydrogen (secondary N) is 2. The maximum atomic E-state index is 12.4. The summed E-state index contributed by atoms with van der Waals surface area (Å²) in [6.07, 6.45) is 2.27. The van der Waals surface area contributed by atoms with Crippen molar-refractivity contribution >= 4 is 34.6 Å². The van der Waals surface area contributed by atoms with Crippen LogP contribution < -0.4 is 10.6 Å². The van der Waals surface area contributed by atoms with Gasteiger partial charge in [0, 0.05) is 23.6 Å². The molecular weight excluding hydrogens is 380 g/mol. The number of halogens is 1. The fourth-order valence-electron chi connectivity index (χ4n) is 2.51. The van der Waals surface area contributed by atoms with Gasteiger partial charge in [0.05, 0.1) is 4.92 Å². The van der Waals surface area contributed by atoms with Crippen LogP contribution in [0, 0.1) is 21.4 Å². The molecule has 0 saturated heterocycles. The fraction of sp³-hybridized carbons (Fsp3) is 0.200. The van der Waals surface area contributed by atoms with Crippen LogP contribution in [-0.2, 0) is 4.79 Å². The SMILES string of the molecule is CCC(C)c1ccccc1N/C=C(/C#N)C(=O)Nc1ccc(Cl)c([N+](=O)[O-])c1. The summed E-state index contributed by atoms with van der Waals surface area (Å²) in [6, 6.07) is 13.4. The number of hydrogen-bond donors (Lipinski definition) is 2. The molecule has 0 saturated carbocycles. The van der Waals surface area contributed by atoms with Crippen molar-refractivity contribution < 1.29 is 9.72 Å². The van der Waals surface area contributed by atoms with Crippen molar-refractivity contribution in [3.8, 4) is 6.07 Å². The zero-order chi connectivity index (χ0) is 20.7. The first kappa shape index (κ1) is 20.9. The monoisotopic (exact) mass is 398 g/mol. The average Bonchev–Trinajstić information content (AvgIpc) is 2.69. The first-order valence-corrected chi connectivity index (χ1v) is 8.96. The standard InChI is InChI=1S/C20H19ClN4O3/c1-3-13(2)16-6-4-5-7-18(16)23-12-14(11-22)20(26)24-15-8-9-17(21)19(10-15)25(27)28/h4-10,12-13,23H,3H2,1-2H3,(H,24,26)/b14-12-. The summed E-state index contributed by atoms with van der Waals surface area (Å²) in [4.78, 5) is 22.7. The van der Waals surface area contributed by atoms with E-state index in [0.29, 0.717) is 5.92 Å². The highest BCUT2D eigenvalue weighted by molar-refractivity contribution is 6.32. The Kier molecular flexibility index (Phi) is 7.13. The van der Waals surface area contributed by atoms with E-state index in [-0.39, 0.29) is 22.0 Å². The van der Waals surface area contributed by atoms with E-state index >= 15 is 0 Å². The molecule has 2 rings (SSSR count). The van der Waals surface area contributed by atoms with Gasteiger partial charge in [-0.2, -0.15) is 5.26 Å². The molecule has 2 N–H and O–H groups in total. The van der Waals surface area contributed by atoms with Gasteiger partial charge < -0.3 is 10.6 Å². The molecule has 0 aliphatic carbocycles. The van der Waals surface area contributed by atoms with Gasteiger partial charge in [-0.05, 0) is 36.1 Å². The van der Waals surface area contributed by atoms with Crippen LogP contribution in [0.5, 0.6) is 0 Å². The van der Waals surface area contributed by atoms with E-state index in [1.54, 1.807) is 0 Å². The maximum Gasteiger partial charge on any atom is 0.289 e. The highest BCUT2D eigenvalue weighted by Crippen LogP contribution is 2.28. The fourth-order valence-corrected chi connectivity index (χ4v) is 2.69. The number of nitro benzene ring substituents is 1. The van der Waals surface area contributed by atoms with Gasteiger partial charge in [-0.1, -0.05) is 43.6 Å². The number of benzene rings is 2. The van der Waals surface area contributed by atoms with Crippen LogP contribution in [0.2, 0.25) is 5.02 Å². The number of nitro groups is 1. The van der Waals surface area contributed by atoms with Crippen LogP contribution in [0.4, 0.5) is 17.1 Å². The maximum absolute atomic E-state index is 12.4. The van der Waals surface area contributed by atoms with E-state index in [0.717, 1.165) is 23.7 Å². The zero-order valence-electron chi connectivity index (χ0n) is 15.4. The van der Waals surface area contributed by atoms with Gasteiger partial charge in [-0.25, -0.2) is 0 Å². The molecule has 0 spiro atoms. The van der Waals surface area contributed by atoms with Crippen LogP contribution in [0.3, 0.4) is 0 Å². The van der Waals surface area contributed by atoms with Crippen molar-refractivity contribution in [3.63, 3.8) is 0 Å². The lowest BCUT2D eigenvalue weighted by molar-refractivity contribution is -0.384. The summed E-state index contributed by atoms with van der Waals surface area (Å²) in [6.45, 7) is 4.17. The largest absolute Gasteiger partial charge is 0.360 e. The Morgan fingerprint density at radius 1 is 1.36 bits per heavy atom. The minimum absolute atomic E-state index is 0.0395. The van der Waals surface area contributed by atoms with Gasteiger partial charge in [0.25, 0.3) is 11.6 Å². The number of carbonyl (C=O) groups excluding carboxylic acids is 1. The third-order valence-electron chi connectivity index (χ3n) is 4.24. The number of anilines is 2. The molecule has 0 aromatic heterocycles. The topological polar surface area (TPSA) is 108 Å². The Morgan fingerprint density at radius 3 is 2.71 bits per heavy atom. The summed E-state index contributed by atoms with van der Waals surface area (Å²) in [5.74, 6) is -0.376. The van der Waals surface area contributed by atoms with Crippen molar-refractivity contribution in [2.24, 2.45) is 0 Å². The van der Waals surface area contributed by atoms with Crippen LogP contribution in [-0.4, -0.2) is 10.8 Å². The number of amides is 1. The Bertz CT molecular complexity index is 966. The van der Waals surface area contributed by atoms with Gasteiger partial charge in [0.2, 0.25) is 0 Å². The first-order chi connectivity index (χ1) is 13.4. The van der Waals surface area contributed by atoms with Crippen molar-refractivity contribution in [2.75, 3.05) is 10.6 Å². The smallest absolute Gasteiger partial charge is 0.289 e. The molecular formula is C20H19ClN4O3. The number of para-hydroxylation sites is 1. The molecule has 0 fully saturated rings. The average molecular weight is 399 g/mol. The highest BCUT2D eigenvalue weighted by atomic mass is 35.5. The van der Waals surface area contributed by atoms with E-state index in [2.05, 4.69) is 24.5 Å². The van der Waals surface area contributed by atoms with Crippen molar-refractivity contribution in [1.29, 1.82) is 5.26 Å². The molecule has 0 radical (unpaired) electrons. The predicted molar refractivity (Wildman–Crippen MR) is 109 cm³/mol. The Morgan fingerprint density at radius 2 is 2.07 bits per heavy atom. The van der Waals surface area contributed by atoms with E-state index in [1.807, 2.05) is 30.3 Å². The molecule has 8 heteroatoms. The lowest BCUT2D eigenvalue weighted by Gasteiger charge is -2.14. The Hall–Kier alpha value is -3.37. The van der Waals surface area contributed by atoms with Crippen LogP contribution in [0.15, 0.2) is 54.2 Å². The molecule has 28 heavy (non-hydrogen) atoms. The molecule has 1 amide bonds. The second-order valence-electron chi connectivity index (χ2n) is 6.09. The van der Waals surface area contributed by atoms with Crippen molar-refractivity contribution in [3.05, 3.63) is 74.9 Å². The minimum Gasteiger partial charge on any atom is -0.360 e. The molecule has 2 aromatic rings. The molecule has 7 nitrogen and oxygen atoms in total. The van der Waals surface area contributed by atoms with Crippen LogP contribution in [0.1, 0.15) is 31.7 Å². The number of nitrogens with zero attached hydrogens (tertiary/aromatic N) is 2. The van der Waals surface area contributed by atoms with Crippen molar-refractivity contribution in [2.45, 2.75) is 26.2 Å². The summed E-state index contributed by atoms with van der Waals surface area (Å²) in [7, 11) is 0. The summed E-state index contributed by atoms with van der Waals surface area (Å²) in [5.41, 5.74) is 1.55. The van der Waals surface area contributed by atoms with Gasteiger partial charge in [0.1, 0.15) is 16.7 Å². The van der Waals surface area contributed by atoms with Gasteiger partial charge in [0.15, 0.2) is 0 Å². The molecule has 144 valence electrons. The molecule has 2 aromatic carbocycles. The Labute approximate surface area is 167 Å². The molecule has 0 aliphatic rings. The number of carbonyl (C=O) groups is 1. The first-order valence-electron chi connectivity index (χ1n) is 8.58. The normalized spacial score (nSPS) is 12.0.